The fourth-order valence-corrected chi connectivity index (χ4v) is 5.87. The maximum absolute atomic E-state index is 11.5. The maximum atomic E-state index is 11.5. The molecule has 5 rings (SSSR count). The van der Waals surface area contributed by atoms with E-state index in [2.05, 4.69) is 0 Å². The molecule has 4 saturated carbocycles. The summed E-state index contributed by atoms with van der Waals surface area (Å²) in [4.78, 5) is 11.5. The minimum absolute atomic E-state index is 0.110. The summed E-state index contributed by atoms with van der Waals surface area (Å²) in [5, 5.41) is 9.42. The molecular weight excluding hydrogens is 288 g/mol. The lowest BCUT2D eigenvalue weighted by atomic mass is 9.48. The van der Waals surface area contributed by atoms with Crippen molar-refractivity contribution >= 4 is 5.97 Å². The van der Waals surface area contributed by atoms with Crippen LogP contribution >= 0.6 is 0 Å². The zero-order chi connectivity index (χ0) is 16.2. The van der Waals surface area contributed by atoms with Gasteiger partial charge in [0.25, 0.3) is 0 Å². The Labute approximate surface area is 138 Å². The number of carboxylic acid groups (broad SMARTS) is 1. The van der Waals surface area contributed by atoms with Crippen molar-refractivity contribution in [2.45, 2.75) is 63.9 Å². The van der Waals surface area contributed by atoms with E-state index in [1.807, 2.05) is 26.0 Å². The van der Waals surface area contributed by atoms with Gasteiger partial charge in [0.15, 0.2) is 0 Å². The van der Waals surface area contributed by atoms with E-state index in [-0.39, 0.29) is 11.5 Å². The molecule has 0 atom stereocenters. The lowest BCUT2D eigenvalue weighted by Gasteiger charge is -2.57. The van der Waals surface area contributed by atoms with Crippen LogP contribution in [0.4, 0.5) is 0 Å². The Morgan fingerprint density at radius 1 is 1.13 bits per heavy atom. The first-order chi connectivity index (χ1) is 10.9. The summed E-state index contributed by atoms with van der Waals surface area (Å²) < 4.78 is 6.08. The number of carboxylic acids is 1. The lowest BCUT2D eigenvalue weighted by molar-refractivity contribution is -0.00673. The number of carbonyl (C=O) groups is 1. The van der Waals surface area contributed by atoms with E-state index in [0.717, 1.165) is 23.5 Å². The summed E-state index contributed by atoms with van der Waals surface area (Å²) in [6, 6.07) is 5.48. The van der Waals surface area contributed by atoms with Crippen molar-refractivity contribution < 1.29 is 14.6 Å². The fourth-order valence-electron chi connectivity index (χ4n) is 5.87. The minimum Gasteiger partial charge on any atom is -0.491 e. The molecule has 4 aliphatic rings. The van der Waals surface area contributed by atoms with Crippen molar-refractivity contribution in [2.24, 2.45) is 17.8 Å². The number of hydrogen-bond acceptors (Lipinski definition) is 2. The topological polar surface area (TPSA) is 46.5 Å². The van der Waals surface area contributed by atoms with Crippen molar-refractivity contribution in [3.63, 3.8) is 0 Å². The normalized spacial score (nSPS) is 34.8. The average Bonchev–Trinajstić information content (AvgIpc) is 2.45. The van der Waals surface area contributed by atoms with Crippen LogP contribution in [-0.2, 0) is 5.41 Å². The predicted molar refractivity (Wildman–Crippen MR) is 89.0 cm³/mol. The third-order valence-corrected chi connectivity index (χ3v) is 6.20. The molecule has 0 aliphatic heterocycles. The molecule has 0 aromatic heterocycles. The van der Waals surface area contributed by atoms with Crippen molar-refractivity contribution in [3.8, 4) is 5.75 Å². The van der Waals surface area contributed by atoms with Crippen molar-refractivity contribution in [2.75, 3.05) is 0 Å². The van der Waals surface area contributed by atoms with Gasteiger partial charge in [-0.15, -0.1) is 0 Å². The molecule has 0 spiro atoms. The number of benzene rings is 1. The summed E-state index contributed by atoms with van der Waals surface area (Å²) in [6.07, 6.45) is 7.93. The summed E-state index contributed by atoms with van der Waals surface area (Å²) in [6.45, 7) is 4.07. The highest BCUT2D eigenvalue weighted by atomic mass is 16.5. The standard InChI is InChI=1S/C20H26O3/c1-12(2)23-18-4-3-16(19(21)22)8-17(18)20-9-13-5-14(10-20)7-15(6-13)11-20/h3-4,8,12-15H,5-7,9-11H2,1-2H3,(H,21,22). The van der Waals surface area contributed by atoms with E-state index in [1.165, 1.54) is 44.1 Å². The van der Waals surface area contributed by atoms with Gasteiger partial charge in [-0.3, -0.25) is 0 Å². The summed E-state index contributed by atoms with van der Waals surface area (Å²) >= 11 is 0. The molecule has 4 aliphatic carbocycles. The molecule has 0 heterocycles. The van der Waals surface area contributed by atoms with Crippen LogP contribution in [0, 0.1) is 17.8 Å². The van der Waals surface area contributed by atoms with Gasteiger partial charge in [0.05, 0.1) is 11.7 Å². The molecule has 0 radical (unpaired) electrons. The van der Waals surface area contributed by atoms with E-state index in [0.29, 0.717) is 5.56 Å². The summed E-state index contributed by atoms with van der Waals surface area (Å²) in [7, 11) is 0. The van der Waals surface area contributed by atoms with E-state index in [4.69, 9.17) is 4.74 Å². The smallest absolute Gasteiger partial charge is 0.335 e. The third-order valence-electron chi connectivity index (χ3n) is 6.20. The Bertz CT molecular complexity index is 596. The molecule has 0 unspecified atom stereocenters. The van der Waals surface area contributed by atoms with Crippen LogP contribution in [0.1, 0.15) is 68.3 Å². The van der Waals surface area contributed by atoms with Gasteiger partial charge in [-0.2, -0.15) is 0 Å². The predicted octanol–water partition coefficient (Wildman–Crippen LogP) is 4.64. The molecule has 124 valence electrons. The third kappa shape index (κ3) is 2.54. The summed E-state index contributed by atoms with van der Waals surface area (Å²) in [5.74, 6) is 2.57. The van der Waals surface area contributed by atoms with Gasteiger partial charge in [0, 0.05) is 5.56 Å². The van der Waals surface area contributed by atoms with Crippen LogP contribution in [0.25, 0.3) is 0 Å². The van der Waals surface area contributed by atoms with E-state index in [9.17, 15) is 9.90 Å². The fraction of sp³-hybridized carbons (Fsp3) is 0.650. The maximum Gasteiger partial charge on any atom is 0.335 e. The molecule has 4 bridgehead atoms. The van der Waals surface area contributed by atoms with Crippen LogP contribution < -0.4 is 4.74 Å². The number of ether oxygens (including phenoxy) is 1. The van der Waals surface area contributed by atoms with Gasteiger partial charge in [-0.1, -0.05) is 0 Å². The lowest BCUT2D eigenvalue weighted by Crippen LogP contribution is -2.48. The Balaban J connectivity index is 1.79. The second kappa shape index (κ2) is 5.25. The number of hydrogen-bond donors (Lipinski definition) is 1. The molecule has 1 N–H and O–H groups in total. The number of aromatic carboxylic acids is 1. The van der Waals surface area contributed by atoms with Crippen molar-refractivity contribution in [1.29, 1.82) is 0 Å². The largest absolute Gasteiger partial charge is 0.491 e. The van der Waals surface area contributed by atoms with Gasteiger partial charge in [0.2, 0.25) is 0 Å². The molecule has 0 saturated heterocycles. The monoisotopic (exact) mass is 314 g/mol. The van der Waals surface area contributed by atoms with Gasteiger partial charge in [-0.05, 0) is 93.7 Å². The Kier molecular flexibility index (Phi) is 3.44. The molecule has 3 nitrogen and oxygen atoms in total. The zero-order valence-corrected chi connectivity index (χ0v) is 14.0. The first-order valence-electron chi connectivity index (χ1n) is 9.00. The van der Waals surface area contributed by atoms with Gasteiger partial charge < -0.3 is 9.84 Å². The molecule has 23 heavy (non-hydrogen) atoms. The first-order valence-corrected chi connectivity index (χ1v) is 9.00. The second-order valence-corrected chi connectivity index (χ2v) is 8.38. The van der Waals surface area contributed by atoms with E-state index >= 15 is 0 Å². The van der Waals surface area contributed by atoms with Crippen LogP contribution in [0.5, 0.6) is 5.75 Å². The molecular formula is C20H26O3. The Morgan fingerprint density at radius 2 is 1.70 bits per heavy atom. The van der Waals surface area contributed by atoms with E-state index in [1.54, 1.807) is 6.07 Å². The minimum atomic E-state index is -0.841. The second-order valence-electron chi connectivity index (χ2n) is 8.38. The molecule has 3 heteroatoms. The number of rotatable bonds is 4. The average molecular weight is 314 g/mol. The van der Waals surface area contributed by atoms with Crippen molar-refractivity contribution in [1.82, 2.24) is 0 Å². The Hall–Kier alpha value is -1.51. The van der Waals surface area contributed by atoms with Gasteiger partial charge in [-0.25, -0.2) is 4.79 Å². The van der Waals surface area contributed by atoms with Crippen LogP contribution in [0.15, 0.2) is 18.2 Å². The first kappa shape index (κ1) is 15.0. The van der Waals surface area contributed by atoms with Crippen LogP contribution in [0.2, 0.25) is 0 Å². The molecule has 4 fully saturated rings. The zero-order valence-electron chi connectivity index (χ0n) is 14.0. The quantitative estimate of drug-likeness (QED) is 0.880. The van der Waals surface area contributed by atoms with Gasteiger partial charge in [0.1, 0.15) is 5.75 Å². The molecule has 0 amide bonds. The highest BCUT2D eigenvalue weighted by molar-refractivity contribution is 5.88. The Morgan fingerprint density at radius 3 is 2.17 bits per heavy atom. The highest BCUT2D eigenvalue weighted by Gasteiger charge is 2.52. The SMILES string of the molecule is CC(C)Oc1ccc(C(=O)O)cc1C12CC3CC(CC(C3)C1)C2. The molecule has 1 aromatic carbocycles. The summed E-state index contributed by atoms with van der Waals surface area (Å²) in [5.41, 5.74) is 1.72. The highest BCUT2D eigenvalue weighted by Crippen LogP contribution is 2.62. The van der Waals surface area contributed by atoms with E-state index < -0.39 is 5.97 Å². The van der Waals surface area contributed by atoms with Crippen molar-refractivity contribution in [3.05, 3.63) is 29.3 Å². The molecule has 1 aromatic rings. The van der Waals surface area contributed by atoms with Gasteiger partial charge >= 0.3 is 5.97 Å². The van der Waals surface area contributed by atoms with Crippen LogP contribution in [-0.4, -0.2) is 17.2 Å². The van der Waals surface area contributed by atoms with Crippen LogP contribution in [0.3, 0.4) is 0 Å².